The molecule has 132 valence electrons. The van der Waals surface area contributed by atoms with Gasteiger partial charge in [0.1, 0.15) is 11.6 Å². The number of hydrogen-bond acceptors (Lipinski definition) is 4. The topological polar surface area (TPSA) is 69.2 Å². The molecule has 0 bridgehead atoms. The summed E-state index contributed by atoms with van der Waals surface area (Å²) >= 11 is 0. The first-order valence-corrected chi connectivity index (χ1v) is 8.79. The number of aromatic nitrogens is 2. The first kappa shape index (κ1) is 16.5. The van der Waals surface area contributed by atoms with Crippen LogP contribution in [0.2, 0.25) is 0 Å². The molecule has 5 heteroatoms. The summed E-state index contributed by atoms with van der Waals surface area (Å²) in [6.07, 6.45) is 0.728. The lowest BCUT2D eigenvalue weighted by molar-refractivity contribution is 0.238. The van der Waals surface area contributed by atoms with Crippen molar-refractivity contribution in [1.29, 1.82) is 0 Å². The van der Waals surface area contributed by atoms with E-state index in [2.05, 4.69) is 14.9 Å². The van der Waals surface area contributed by atoms with Gasteiger partial charge in [-0.25, -0.2) is 4.98 Å². The molecule has 0 amide bonds. The molecule has 2 aromatic carbocycles. The van der Waals surface area contributed by atoms with Gasteiger partial charge in [-0.15, -0.1) is 0 Å². The largest absolute Gasteiger partial charge is 0.507 e. The number of nitrogens with zero attached hydrogens (tertiary/aromatic N) is 2. The first-order valence-electron chi connectivity index (χ1n) is 8.79. The Labute approximate surface area is 152 Å². The normalized spacial score (nSPS) is 14.2. The number of H-pyrrole nitrogens is 1. The van der Waals surface area contributed by atoms with Crippen LogP contribution in [0.1, 0.15) is 22.4 Å². The lowest BCUT2D eigenvalue weighted by Crippen LogP contribution is -2.35. The summed E-state index contributed by atoms with van der Waals surface area (Å²) in [7, 11) is 0. The van der Waals surface area contributed by atoms with E-state index in [-0.39, 0.29) is 5.56 Å². The van der Waals surface area contributed by atoms with Gasteiger partial charge < -0.3 is 10.1 Å². The van der Waals surface area contributed by atoms with Gasteiger partial charge in [0, 0.05) is 37.2 Å². The van der Waals surface area contributed by atoms with Crippen LogP contribution in [0.3, 0.4) is 0 Å². The number of para-hydroxylation sites is 1. The molecule has 26 heavy (non-hydrogen) atoms. The average Bonchev–Trinajstić information content (AvgIpc) is 2.66. The second-order valence-electron chi connectivity index (χ2n) is 6.75. The van der Waals surface area contributed by atoms with Crippen LogP contribution in [-0.2, 0) is 19.5 Å². The maximum absolute atomic E-state index is 12.6. The van der Waals surface area contributed by atoms with Crippen LogP contribution in [-0.4, -0.2) is 26.5 Å². The van der Waals surface area contributed by atoms with E-state index in [4.69, 9.17) is 0 Å². The Hall–Kier alpha value is -2.92. The fraction of sp³-hybridized carbons (Fsp3) is 0.238. The summed E-state index contributed by atoms with van der Waals surface area (Å²) in [5.74, 6) is 0.962. The maximum Gasteiger partial charge on any atom is 0.255 e. The monoisotopic (exact) mass is 347 g/mol. The van der Waals surface area contributed by atoms with Gasteiger partial charge in [-0.3, -0.25) is 9.69 Å². The Morgan fingerprint density at radius 3 is 2.77 bits per heavy atom. The molecule has 2 N–H and O–H groups in total. The highest BCUT2D eigenvalue weighted by molar-refractivity contribution is 5.54. The van der Waals surface area contributed by atoms with Crippen LogP contribution in [0.5, 0.6) is 5.75 Å². The molecule has 0 radical (unpaired) electrons. The predicted octanol–water partition coefficient (Wildman–Crippen LogP) is 3.01. The Kier molecular flexibility index (Phi) is 4.31. The van der Waals surface area contributed by atoms with E-state index < -0.39 is 0 Å². The number of hydrogen-bond donors (Lipinski definition) is 2. The van der Waals surface area contributed by atoms with Crippen LogP contribution >= 0.6 is 0 Å². The van der Waals surface area contributed by atoms with Crippen molar-refractivity contribution in [3.8, 4) is 17.1 Å². The maximum atomic E-state index is 12.6. The van der Waals surface area contributed by atoms with Gasteiger partial charge in [-0.05, 0) is 12.5 Å². The van der Waals surface area contributed by atoms with Crippen LogP contribution in [0.4, 0.5) is 0 Å². The number of phenols is 1. The summed E-state index contributed by atoms with van der Waals surface area (Å²) in [6.45, 7) is 3.86. The molecule has 0 saturated carbocycles. The molecule has 1 aliphatic heterocycles. The van der Waals surface area contributed by atoms with Gasteiger partial charge in [-0.2, -0.15) is 0 Å². The van der Waals surface area contributed by atoms with E-state index in [0.717, 1.165) is 40.9 Å². The van der Waals surface area contributed by atoms with Crippen molar-refractivity contribution in [2.75, 3.05) is 6.54 Å². The fourth-order valence-corrected chi connectivity index (χ4v) is 3.44. The van der Waals surface area contributed by atoms with E-state index in [0.29, 0.717) is 24.7 Å². The second kappa shape index (κ2) is 6.77. The van der Waals surface area contributed by atoms with Crippen molar-refractivity contribution in [3.05, 3.63) is 81.3 Å². The molecular weight excluding hydrogens is 326 g/mol. The summed E-state index contributed by atoms with van der Waals surface area (Å²) in [6, 6.07) is 15.5. The fourth-order valence-electron chi connectivity index (χ4n) is 3.44. The van der Waals surface area contributed by atoms with Crippen LogP contribution in [0, 0.1) is 6.92 Å². The zero-order chi connectivity index (χ0) is 18.1. The van der Waals surface area contributed by atoms with Gasteiger partial charge in [0.15, 0.2) is 0 Å². The van der Waals surface area contributed by atoms with Gasteiger partial charge in [0.25, 0.3) is 5.56 Å². The number of phenolic OH excluding ortho intramolecular Hbond substituents is 1. The average molecular weight is 347 g/mol. The van der Waals surface area contributed by atoms with E-state index in [1.165, 1.54) is 0 Å². The van der Waals surface area contributed by atoms with Gasteiger partial charge in [0.2, 0.25) is 0 Å². The van der Waals surface area contributed by atoms with Crippen molar-refractivity contribution in [1.82, 2.24) is 14.9 Å². The van der Waals surface area contributed by atoms with E-state index in [9.17, 15) is 9.90 Å². The standard InChI is InChI=1S/C21H21N3O2/c1-14-6-5-9-16(19(14)25)12-24-11-10-18-17(13-24)21(26)23-20(22-18)15-7-3-2-4-8-15/h2-9,25H,10-13H2,1H3,(H,22,23,26). The SMILES string of the molecule is Cc1cccc(CN2CCc3nc(-c4ccccc4)[nH]c(=O)c3C2)c1O. The third-order valence-electron chi connectivity index (χ3n) is 4.91. The molecular formula is C21H21N3O2. The van der Waals surface area contributed by atoms with Gasteiger partial charge in [-0.1, -0.05) is 48.5 Å². The molecule has 0 saturated heterocycles. The minimum Gasteiger partial charge on any atom is -0.507 e. The van der Waals surface area contributed by atoms with Gasteiger partial charge >= 0.3 is 0 Å². The number of aromatic hydroxyl groups is 1. The number of nitrogens with one attached hydrogen (secondary N) is 1. The molecule has 0 unspecified atom stereocenters. The van der Waals surface area contributed by atoms with Crippen LogP contribution in [0.15, 0.2) is 53.3 Å². The van der Waals surface area contributed by atoms with Crippen molar-refractivity contribution < 1.29 is 5.11 Å². The number of benzene rings is 2. The highest BCUT2D eigenvalue weighted by Gasteiger charge is 2.22. The molecule has 5 nitrogen and oxygen atoms in total. The molecule has 0 aliphatic carbocycles. The summed E-state index contributed by atoms with van der Waals surface area (Å²) < 4.78 is 0. The molecule has 0 atom stereocenters. The minimum absolute atomic E-state index is 0.0768. The quantitative estimate of drug-likeness (QED) is 0.764. The lowest BCUT2D eigenvalue weighted by Gasteiger charge is -2.28. The zero-order valence-electron chi connectivity index (χ0n) is 14.7. The molecule has 0 spiro atoms. The number of aromatic amines is 1. The van der Waals surface area contributed by atoms with Crippen molar-refractivity contribution in [2.24, 2.45) is 0 Å². The summed E-state index contributed by atoms with van der Waals surface area (Å²) in [5.41, 5.74) is 4.19. The predicted molar refractivity (Wildman–Crippen MR) is 101 cm³/mol. The summed E-state index contributed by atoms with van der Waals surface area (Å²) in [5, 5.41) is 10.2. The summed E-state index contributed by atoms with van der Waals surface area (Å²) in [4.78, 5) is 22.4. The smallest absolute Gasteiger partial charge is 0.255 e. The highest BCUT2D eigenvalue weighted by Crippen LogP contribution is 2.25. The minimum atomic E-state index is -0.0768. The van der Waals surface area contributed by atoms with E-state index in [1.54, 1.807) is 0 Å². The number of aryl methyl sites for hydroxylation is 1. The third-order valence-corrected chi connectivity index (χ3v) is 4.91. The van der Waals surface area contributed by atoms with Crippen LogP contribution < -0.4 is 5.56 Å². The van der Waals surface area contributed by atoms with Crippen molar-refractivity contribution in [2.45, 2.75) is 26.4 Å². The Morgan fingerprint density at radius 2 is 1.96 bits per heavy atom. The molecule has 4 rings (SSSR count). The Morgan fingerprint density at radius 1 is 1.15 bits per heavy atom. The third kappa shape index (κ3) is 3.13. The van der Waals surface area contributed by atoms with E-state index >= 15 is 0 Å². The van der Waals surface area contributed by atoms with Crippen molar-refractivity contribution in [3.63, 3.8) is 0 Å². The number of fused-ring (bicyclic) bond motifs is 1. The number of rotatable bonds is 3. The highest BCUT2D eigenvalue weighted by atomic mass is 16.3. The second-order valence-corrected chi connectivity index (χ2v) is 6.75. The Balaban J connectivity index is 1.60. The zero-order valence-corrected chi connectivity index (χ0v) is 14.7. The van der Waals surface area contributed by atoms with Crippen LogP contribution in [0.25, 0.3) is 11.4 Å². The molecule has 1 aliphatic rings. The van der Waals surface area contributed by atoms with Gasteiger partial charge in [0.05, 0.1) is 11.3 Å². The van der Waals surface area contributed by atoms with E-state index in [1.807, 2.05) is 55.5 Å². The molecule has 3 aromatic rings. The van der Waals surface area contributed by atoms with Crippen molar-refractivity contribution >= 4 is 0 Å². The molecule has 2 heterocycles. The lowest BCUT2D eigenvalue weighted by atomic mass is 10.0. The molecule has 1 aromatic heterocycles. The molecule has 0 fully saturated rings. The Bertz CT molecular complexity index is 996. The first-order chi connectivity index (χ1) is 12.6.